The summed E-state index contributed by atoms with van der Waals surface area (Å²) < 4.78 is 5.18. The van der Waals surface area contributed by atoms with E-state index in [1.54, 1.807) is 61.7 Å². The van der Waals surface area contributed by atoms with Gasteiger partial charge in [-0.25, -0.2) is 0 Å². The quantitative estimate of drug-likeness (QED) is 0.445. The minimum atomic E-state index is -0.769. The van der Waals surface area contributed by atoms with E-state index in [0.717, 1.165) is 0 Å². The van der Waals surface area contributed by atoms with E-state index in [4.69, 9.17) is 4.74 Å². The number of ketones is 1. The Bertz CT molecular complexity index is 951. The van der Waals surface area contributed by atoms with Crippen molar-refractivity contribution in [3.63, 3.8) is 0 Å². The van der Waals surface area contributed by atoms with E-state index < -0.39 is 17.7 Å². The van der Waals surface area contributed by atoms with Crippen molar-refractivity contribution < 1.29 is 24.2 Å². The van der Waals surface area contributed by atoms with Crippen LogP contribution in [-0.2, 0) is 14.4 Å². The van der Waals surface area contributed by atoms with Crippen LogP contribution in [0.5, 0.6) is 5.75 Å². The lowest BCUT2D eigenvalue weighted by atomic mass is 9.95. The van der Waals surface area contributed by atoms with Gasteiger partial charge in [-0.05, 0) is 17.7 Å². The fraction of sp³-hybridized carbons (Fsp3) is 0.227. The number of likely N-dealkylation sites (tertiary alicyclic amines) is 1. The second-order valence-electron chi connectivity index (χ2n) is 6.61. The predicted octanol–water partition coefficient (Wildman–Crippen LogP) is 2.25. The Balaban J connectivity index is 2.07. The highest BCUT2D eigenvalue weighted by atomic mass is 16.5. The number of nitrogens with one attached hydrogen (secondary N) is 1. The molecule has 29 heavy (non-hydrogen) atoms. The Morgan fingerprint density at radius 3 is 2.34 bits per heavy atom. The number of aliphatic hydroxyl groups excluding tert-OH is 1. The molecule has 0 spiro atoms. The van der Waals surface area contributed by atoms with Gasteiger partial charge in [0, 0.05) is 25.6 Å². The number of carbonyl (C=O) groups is 3. The summed E-state index contributed by atoms with van der Waals surface area (Å²) in [7, 11) is 1.55. The molecule has 1 unspecified atom stereocenters. The van der Waals surface area contributed by atoms with Gasteiger partial charge in [-0.2, -0.15) is 0 Å². The highest BCUT2D eigenvalue weighted by molar-refractivity contribution is 6.46. The van der Waals surface area contributed by atoms with Gasteiger partial charge in [0.25, 0.3) is 11.7 Å². The maximum absolute atomic E-state index is 12.8. The summed E-state index contributed by atoms with van der Waals surface area (Å²) in [6.07, 6.45) is 0. The third-order valence-corrected chi connectivity index (χ3v) is 4.75. The molecule has 0 radical (unpaired) electrons. The SMILES string of the molecule is COc1ccc(C2C(=C(O)c3ccccc3)C(=O)C(=O)N2CCNC(C)=O)cc1. The molecule has 1 heterocycles. The number of nitrogens with zero attached hydrogens (tertiary/aromatic N) is 1. The lowest BCUT2D eigenvalue weighted by Gasteiger charge is -2.25. The molecular weight excluding hydrogens is 372 g/mol. The summed E-state index contributed by atoms with van der Waals surface area (Å²) in [5, 5.41) is 13.5. The summed E-state index contributed by atoms with van der Waals surface area (Å²) in [5.74, 6) is -1.30. The summed E-state index contributed by atoms with van der Waals surface area (Å²) in [6.45, 7) is 1.71. The molecule has 150 valence electrons. The zero-order valence-electron chi connectivity index (χ0n) is 16.2. The van der Waals surface area contributed by atoms with Gasteiger partial charge < -0.3 is 20.1 Å². The largest absolute Gasteiger partial charge is 0.507 e. The van der Waals surface area contributed by atoms with E-state index in [-0.39, 0.29) is 30.3 Å². The topological polar surface area (TPSA) is 95.9 Å². The number of amides is 2. The van der Waals surface area contributed by atoms with Crippen molar-refractivity contribution in [2.75, 3.05) is 20.2 Å². The van der Waals surface area contributed by atoms with Crippen LogP contribution in [0.25, 0.3) is 5.76 Å². The van der Waals surface area contributed by atoms with Gasteiger partial charge in [0.15, 0.2) is 0 Å². The van der Waals surface area contributed by atoms with Gasteiger partial charge in [-0.1, -0.05) is 42.5 Å². The van der Waals surface area contributed by atoms with Gasteiger partial charge in [0.1, 0.15) is 11.5 Å². The highest BCUT2D eigenvalue weighted by Crippen LogP contribution is 2.39. The Labute approximate surface area is 168 Å². The predicted molar refractivity (Wildman–Crippen MR) is 107 cm³/mol. The molecule has 1 saturated heterocycles. The first-order chi connectivity index (χ1) is 13.9. The van der Waals surface area contributed by atoms with Crippen LogP contribution in [-0.4, -0.2) is 47.8 Å². The molecule has 1 aliphatic heterocycles. The normalized spacial score (nSPS) is 18.0. The van der Waals surface area contributed by atoms with Gasteiger partial charge in [-0.3, -0.25) is 14.4 Å². The number of benzene rings is 2. The Morgan fingerprint density at radius 2 is 1.76 bits per heavy atom. The summed E-state index contributed by atoms with van der Waals surface area (Å²) in [5.41, 5.74) is 1.13. The number of methoxy groups -OCH3 is 1. The van der Waals surface area contributed by atoms with Crippen molar-refractivity contribution in [1.29, 1.82) is 0 Å². The molecule has 1 fully saturated rings. The average Bonchev–Trinajstić information content (AvgIpc) is 2.98. The van der Waals surface area contributed by atoms with E-state index in [2.05, 4.69) is 5.32 Å². The van der Waals surface area contributed by atoms with Crippen LogP contribution in [0, 0.1) is 0 Å². The van der Waals surface area contributed by atoms with E-state index in [1.165, 1.54) is 11.8 Å². The average molecular weight is 394 g/mol. The molecule has 0 saturated carbocycles. The van der Waals surface area contributed by atoms with Crippen molar-refractivity contribution in [1.82, 2.24) is 10.2 Å². The van der Waals surface area contributed by atoms with Gasteiger partial charge in [0.05, 0.1) is 18.7 Å². The van der Waals surface area contributed by atoms with Gasteiger partial charge in [0.2, 0.25) is 5.91 Å². The standard InChI is InChI=1S/C22H22N2O5/c1-14(25)23-12-13-24-19(15-8-10-17(29-2)11-9-15)18(21(27)22(24)28)20(26)16-6-4-3-5-7-16/h3-11,19,26H,12-13H2,1-2H3,(H,23,25). The number of aliphatic hydroxyl groups is 1. The molecule has 2 N–H and O–H groups in total. The van der Waals surface area contributed by atoms with E-state index >= 15 is 0 Å². The summed E-state index contributed by atoms with van der Waals surface area (Å²) in [6, 6.07) is 14.8. The zero-order valence-corrected chi connectivity index (χ0v) is 16.2. The molecule has 3 rings (SSSR count). The maximum atomic E-state index is 12.8. The Morgan fingerprint density at radius 1 is 1.10 bits per heavy atom. The molecule has 2 aromatic rings. The van der Waals surface area contributed by atoms with Crippen molar-refractivity contribution in [3.05, 3.63) is 71.3 Å². The first-order valence-electron chi connectivity index (χ1n) is 9.16. The van der Waals surface area contributed by atoms with Gasteiger partial charge in [-0.15, -0.1) is 0 Å². The number of Topliss-reactive ketones (excluding diaryl/α,β-unsaturated/α-hetero) is 1. The lowest BCUT2D eigenvalue weighted by molar-refractivity contribution is -0.139. The van der Waals surface area contributed by atoms with Crippen LogP contribution in [0.1, 0.15) is 24.1 Å². The number of hydrogen-bond donors (Lipinski definition) is 2. The van der Waals surface area contributed by atoms with E-state index in [0.29, 0.717) is 16.9 Å². The molecule has 0 aliphatic carbocycles. The number of carbonyl (C=O) groups excluding carboxylic acids is 3. The van der Waals surface area contributed by atoms with Gasteiger partial charge >= 0.3 is 0 Å². The van der Waals surface area contributed by atoms with Crippen LogP contribution < -0.4 is 10.1 Å². The van der Waals surface area contributed by atoms with Crippen molar-refractivity contribution in [2.24, 2.45) is 0 Å². The first-order valence-corrected chi connectivity index (χ1v) is 9.16. The van der Waals surface area contributed by atoms with E-state index in [1.807, 2.05) is 0 Å². The summed E-state index contributed by atoms with van der Waals surface area (Å²) >= 11 is 0. The molecule has 7 nitrogen and oxygen atoms in total. The number of rotatable bonds is 6. The monoisotopic (exact) mass is 394 g/mol. The van der Waals surface area contributed by atoms with E-state index in [9.17, 15) is 19.5 Å². The molecule has 2 aromatic carbocycles. The van der Waals surface area contributed by atoms with Crippen molar-refractivity contribution in [3.8, 4) is 5.75 Å². The van der Waals surface area contributed by atoms with Crippen LogP contribution >= 0.6 is 0 Å². The second-order valence-corrected chi connectivity index (χ2v) is 6.61. The molecule has 2 amide bonds. The van der Waals surface area contributed by atoms with Crippen molar-refractivity contribution in [2.45, 2.75) is 13.0 Å². The number of hydrogen-bond acceptors (Lipinski definition) is 5. The van der Waals surface area contributed by atoms with Crippen LogP contribution in [0.3, 0.4) is 0 Å². The Hall–Kier alpha value is -3.61. The minimum Gasteiger partial charge on any atom is -0.507 e. The third-order valence-electron chi connectivity index (χ3n) is 4.75. The summed E-state index contributed by atoms with van der Waals surface area (Å²) in [4.78, 5) is 38.1. The molecule has 0 aromatic heterocycles. The minimum absolute atomic E-state index is 0.0224. The number of ether oxygens (including phenoxy) is 1. The third kappa shape index (κ3) is 4.13. The Kier molecular flexibility index (Phi) is 5.97. The highest BCUT2D eigenvalue weighted by Gasteiger charge is 2.45. The smallest absolute Gasteiger partial charge is 0.295 e. The first kappa shape index (κ1) is 20.1. The maximum Gasteiger partial charge on any atom is 0.295 e. The van der Waals surface area contributed by atoms with Crippen molar-refractivity contribution >= 4 is 23.4 Å². The second kappa shape index (κ2) is 8.60. The van der Waals surface area contributed by atoms with Crippen LogP contribution in [0.4, 0.5) is 0 Å². The lowest BCUT2D eigenvalue weighted by Crippen LogP contribution is -2.37. The molecule has 1 atom stereocenters. The molecular formula is C22H22N2O5. The molecule has 1 aliphatic rings. The fourth-order valence-corrected chi connectivity index (χ4v) is 3.35. The fourth-order valence-electron chi connectivity index (χ4n) is 3.35. The zero-order chi connectivity index (χ0) is 21.0. The van der Waals surface area contributed by atoms with Crippen LogP contribution in [0.15, 0.2) is 60.2 Å². The molecule has 7 heteroatoms. The van der Waals surface area contributed by atoms with Crippen LogP contribution in [0.2, 0.25) is 0 Å². The molecule has 0 bridgehead atoms.